The van der Waals surface area contributed by atoms with Gasteiger partial charge < -0.3 is 35.6 Å². The van der Waals surface area contributed by atoms with Gasteiger partial charge in [-0.3, -0.25) is 9.59 Å². The van der Waals surface area contributed by atoms with E-state index in [0.29, 0.717) is 16.8 Å². The van der Waals surface area contributed by atoms with Gasteiger partial charge in [0.15, 0.2) is 0 Å². The predicted octanol–water partition coefficient (Wildman–Crippen LogP) is 4.66. The van der Waals surface area contributed by atoms with Crippen LogP contribution in [0.3, 0.4) is 0 Å². The van der Waals surface area contributed by atoms with Gasteiger partial charge >= 0.3 is 6.09 Å². The number of aliphatic hydroxyl groups excluding tert-OH is 1. The molecule has 0 spiro atoms. The highest BCUT2D eigenvalue weighted by molar-refractivity contribution is 6.00. The van der Waals surface area contributed by atoms with Crippen molar-refractivity contribution >= 4 is 23.6 Å². The highest BCUT2D eigenvalue weighted by atomic mass is 16.6. The molecule has 0 saturated carbocycles. The lowest BCUT2D eigenvalue weighted by molar-refractivity contribution is -0.141. The quantitative estimate of drug-likeness (QED) is 0.230. The molecule has 2 atom stereocenters. The van der Waals surface area contributed by atoms with E-state index in [9.17, 15) is 29.7 Å². The fourth-order valence-corrected chi connectivity index (χ4v) is 4.75. The van der Waals surface area contributed by atoms with Crippen molar-refractivity contribution < 1.29 is 34.4 Å². The molecule has 230 valence electrons. The average Bonchev–Trinajstić information content (AvgIpc) is 2.92. The van der Waals surface area contributed by atoms with Crippen LogP contribution in [-0.4, -0.2) is 62.9 Å². The van der Waals surface area contributed by atoms with Gasteiger partial charge in [0.25, 0.3) is 5.91 Å². The molecular formula is C33H41N3O7. The number of nitrogens with one attached hydrogen (secondary N) is 2. The second kappa shape index (κ2) is 14.1. The molecule has 3 aromatic carbocycles. The maximum Gasteiger partial charge on any atom is 0.408 e. The zero-order valence-corrected chi connectivity index (χ0v) is 25.5. The van der Waals surface area contributed by atoms with Crippen LogP contribution >= 0.6 is 0 Å². The minimum absolute atomic E-state index is 0.00861. The Labute approximate surface area is 252 Å². The molecule has 3 amide bonds. The van der Waals surface area contributed by atoms with Gasteiger partial charge in [0.1, 0.15) is 29.2 Å². The number of para-hydroxylation sites is 2. The van der Waals surface area contributed by atoms with Crippen molar-refractivity contribution in [1.29, 1.82) is 0 Å². The van der Waals surface area contributed by atoms with Gasteiger partial charge in [0, 0.05) is 24.2 Å². The Morgan fingerprint density at radius 1 is 0.884 bits per heavy atom. The van der Waals surface area contributed by atoms with E-state index in [1.807, 2.05) is 32.0 Å². The number of alkyl carbamates (subject to hydrolysis) is 1. The van der Waals surface area contributed by atoms with Crippen LogP contribution in [0.5, 0.6) is 11.5 Å². The van der Waals surface area contributed by atoms with Gasteiger partial charge in [-0.1, -0.05) is 48.5 Å². The number of hydrogen-bond donors (Lipinski definition) is 5. The summed E-state index contributed by atoms with van der Waals surface area (Å²) in [5.41, 5.74) is 2.59. The Morgan fingerprint density at radius 2 is 1.47 bits per heavy atom. The van der Waals surface area contributed by atoms with Gasteiger partial charge in [0.05, 0.1) is 6.61 Å². The third kappa shape index (κ3) is 8.71. The fourth-order valence-electron chi connectivity index (χ4n) is 4.75. The van der Waals surface area contributed by atoms with E-state index in [1.165, 1.54) is 12.1 Å². The largest absolute Gasteiger partial charge is 0.508 e. The lowest BCUT2D eigenvalue weighted by atomic mass is 9.97. The van der Waals surface area contributed by atoms with Crippen LogP contribution in [-0.2, 0) is 20.7 Å². The molecule has 0 saturated heterocycles. The van der Waals surface area contributed by atoms with Crippen LogP contribution in [0.2, 0.25) is 0 Å². The SMILES string of the molecule is Cc1cccc(C(C(=O)Nc2c(C)cccc2C)N(CCO)C(=O)C(Cc2ccc(O)cc2)NC(=O)OC(C)(C)C)c1O. The summed E-state index contributed by atoms with van der Waals surface area (Å²) in [6.45, 7) is 9.66. The fraction of sp³-hybridized carbons (Fsp3) is 0.364. The standard InChI is InChI=1S/C33H41N3O7/c1-20-9-7-10-21(2)27(20)35-30(40)28(25-12-8-11-22(3)29(25)39)36(17-18-37)31(41)26(34-32(42)43-33(4,5)6)19-23-13-15-24(38)16-14-23/h7-16,26,28,37-39H,17-19H2,1-6H3,(H,34,42)(H,35,40). The molecule has 0 bridgehead atoms. The lowest BCUT2D eigenvalue weighted by Gasteiger charge is -2.34. The van der Waals surface area contributed by atoms with Gasteiger partial charge in [-0.2, -0.15) is 0 Å². The topological polar surface area (TPSA) is 148 Å². The Bertz CT molecular complexity index is 1430. The summed E-state index contributed by atoms with van der Waals surface area (Å²) in [6, 6.07) is 14.0. The molecule has 0 radical (unpaired) electrons. The number of amides is 3. The van der Waals surface area contributed by atoms with Crippen molar-refractivity contribution in [3.05, 3.63) is 88.5 Å². The molecule has 43 heavy (non-hydrogen) atoms. The first-order chi connectivity index (χ1) is 20.2. The zero-order chi connectivity index (χ0) is 31.9. The third-order valence-electron chi connectivity index (χ3n) is 6.84. The van der Waals surface area contributed by atoms with E-state index < -0.39 is 42.2 Å². The monoisotopic (exact) mass is 591 g/mol. The third-order valence-corrected chi connectivity index (χ3v) is 6.84. The van der Waals surface area contributed by atoms with Crippen molar-refractivity contribution in [1.82, 2.24) is 10.2 Å². The molecular weight excluding hydrogens is 550 g/mol. The molecule has 0 heterocycles. The van der Waals surface area contributed by atoms with E-state index in [2.05, 4.69) is 10.6 Å². The van der Waals surface area contributed by atoms with Crippen molar-refractivity contribution in [2.45, 2.75) is 65.6 Å². The van der Waals surface area contributed by atoms with Crippen molar-refractivity contribution in [3.8, 4) is 11.5 Å². The molecule has 5 N–H and O–H groups in total. The van der Waals surface area contributed by atoms with Gasteiger partial charge in [-0.25, -0.2) is 4.79 Å². The first-order valence-electron chi connectivity index (χ1n) is 14.1. The number of aliphatic hydroxyl groups is 1. The number of anilines is 1. The number of nitrogens with zero attached hydrogens (tertiary/aromatic N) is 1. The van der Waals surface area contributed by atoms with Gasteiger partial charge in [0.2, 0.25) is 5.91 Å². The van der Waals surface area contributed by atoms with E-state index in [-0.39, 0.29) is 30.0 Å². The second-order valence-electron chi connectivity index (χ2n) is 11.5. The number of carbonyl (C=O) groups is 3. The summed E-state index contributed by atoms with van der Waals surface area (Å²) >= 11 is 0. The van der Waals surface area contributed by atoms with Crippen molar-refractivity contribution in [2.24, 2.45) is 0 Å². The Balaban J connectivity index is 2.11. The summed E-state index contributed by atoms with van der Waals surface area (Å²) < 4.78 is 5.42. The highest BCUT2D eigenvalue weighted by Gasteiger charge is 2.38. The van der Waals surface area contributed by atoms with Crippen molar-refractivity contribution in [2.75, 3.05) is 18.5 Å². The van der Waals surface area contributed by atoms with Crippen molar-refractivity contribution in [3.63, 3.8) is 0 Å². The summed E-state index contributed by atoms with van der Waals surface area (Å²) in [5, 5.41) is 36.4. The van der Waals surface area contributed by atoms with E-state index in [4.69, 9.17) is 4.74 Å². The van der Waals surface area contributed by atoms with Crippen LogP contribution in [0.4, 0.5) is 10.5 Å². The summed E-state index contributed by atoms with van der Waals surface area (Å²) in [7, 11) is 0. The van der Waals surface area contributed by atoms with Gasteiger partial charge in [-0.05, 0) is 75.9 Å². The predicted molar refractivity (Wildman–Crippen MR) is 164 cm³/mol. The minimum Gasteiger partial charge on any atom is -0.508 e. The normalized spacial score (nSPS) is 12.6. The first kappa shape index (κ1) is 32.9. The molecule has 2 unspecified atom stereocenters. The molecule has 0 aromatic heterocycles. The molecule has 10 heteroatoms. The number of hydrogen-bond acceptors (Lipinski definition) is 7. The molecule has 10 nitrogen and oxygen atoms in total. The van der Waals surface area contributed by atoms with Crippen LogP contribution in [0, 0.1) is 20.8 Å². The smallest absolute Gasteiger partial charge is 0.408 e. The Kier molecular flexibility index (Phi) is 10.8. The molecule has 3 aromatic rings. The number of phenols is 2. The number of ether oxygens (including phenoxy) is 1. The van der Waals surface area contributed by atoms with Crippen LogP contribution in [0.25, 0.3) is 0 Å². The molecule has 0 aliphatic carbocycles. The minimum atomic E-state index is -1.37. The number of aromatic hydroxyl groups is 2. The van der Waals surface area contributed by atoms with Crippen LogP contribution in [0.1, 0.15) is 54.6 Å². The summed E-state index contributed by atoms with van der Waals surface area (Å²) in [6.07, 6.45) is -0.853. The highest BCUT2D eigenvalue weighted by Crippen LogP contribution is 2.34. The van der Waals surface area contributed by atoms with E-state index in [1.54, 1.807) is 58.0 Å². The number of benzene rings is 3. The van der Waals surface area contributed by atoms with Crippen LogP contribution < -0.4 is 10.6 Å². The maximum atomic E-state index is 14.3. The number of carbonyl (C=O) groups excluding carboxylic acids is 3. The van der Waals surface area contributed by atoms with E-state index >= 15 is 0 Å². The molecule has 0 aliphatic rings. The lowest BCUT2D eigenvalue weighted by Crippen LogP contribution is -2.54. The average molecular weight is 592 g/mol. The molecule has 0 fully saturated rings. The summed E-state index contributed by atoms with van der Waals surface area (Å²) in [4.78, 5) is 42.5. The Hall–Kier alpha value is -4.57. The Morgan fingerprint density at radius 3 is 2.05 bits per heavy atom. The second-order valence-corrected chi connectivity index (χ2v) is 11.5. The number of rotatable bonds is 10. The van der Waals surface area contributed by atoms with Crippen LogP contribution in [0.15, 0.2) is 60.7 Å². The molecule has 0 aliphatic heterocycles. The molecule has 3 rings (SSSR count). The maximum absolute atomic E-state index is 14.3. The number of phenolic OH excluding ortho intramolecular Hbond substituents is 2. The zero-order valence-electron chi connectivity index (χ0n) is 25.5. The van der Waals surface area contributed by atoms with Gasteiger partial charge in [-0.15, -0.1) is 0 Å². The summed E-state index contributed by atoms with van der Waals surface area (Å²) in [5.74, 6) is -1.43. The first-order valence-corrected chi connectivity index (χ1v) is 14.1. The van der Waals surface area contributed by atoms with E-state index in [0.717, 1.165) is 16.0 Å². The number of aryl methyl sites for hydroxylation is 3.